The number of rotatable bonds is 2. The lowest BCUT2D eigenvalue weighted by Gasteiger charge is -2.13. The van der Waals surface area contributed by atoms with Gasteiger partial charge in [-0.25, -0.2) is 4.98 Å². The monoisotopic (exact) mass is 376 g/mol. The summed E-state index contributed by atoms with van der Waals surface area (Å²) >= 11 is 9.24. The third kappa shape index (κ3) is 2.28. The normalized spacial score (nSPS) is 13.5. The third-order valence-corrected chi connectivity index (χ3v) is 4.72. The van der Waals surface area contributed by atoms with Crippen LogP contribution in [0.3, 0.4) is 0 Å². The maximum absolute atomic E-state index is 5.90. The summed E-state index contributed by atoms with van der Waals surface area (Å²) in [5, 5.41) is 4.49. The molecule has 1 aliphatic rings. The number of hydrogen-bond acceptors (Lipinski definition) is 5. The predicted octanol–water partition coefficient (Wildman–Crippen LogP) is 4.24. The van der Waals surface area contributed by atoms with Gasteiger partial charge in [0.1, 0.15) is 5.15 Å². The van der Waals surface area contributed by atoms with Crippen LogP contribution in [0.1, 0.15) is 5.56 Å². The average molecular weight is 378 g/mol. The van der Waals surface area contributed by atoms with Gasteiger partial charge >= 0.3 is 0 Å². The molecule has 0 unspecified atom stereocenters. The van der Waals surface area contributed by atoms with Crippen LogP contribution >= 0.6 is 27.5 Å². The van der Waals surface area contributed by atoms with Crippen molar-refractivity contribution in [2.75, 3.05) is 11.4 Å². The maximum Gasteiger partial charge on any atom is 0.270 e. The van der Waals surface area contributed by atoms with Gasteiger partial charge in [-0.3, -0.25) is 0 Å². The van der Waals surface area contributed by atoms with Gasteiger partial charge in [0.25, 0.3) is 11.8 Å². The minimum Gasteiger partial charge on any atom is -0.332 e. The van der Waals surface area contributed by atoms with Gasteiger partial charge in [0.15, 0.2) is 0 Å². The van der Waals surface area contributed by atoms with Gasteiger partial charge in [-0.15, -0.1) is 0 Å². The molecule has 1 aliphatic heterocycles. The van der Waals surface area contributed by atoms with Crippen LogP contribution < -0.4 is 4.90 Å². The molecule has 7 heteroatoms. The molecule has 0 saturated heterocycles. The van der Waals surface area contributed by atoms with Crippen LogP contribution in [0.2, 0.25) is 5.15 Å². The number of aromatic nitrogens is 3. The van der Waals surface area contributed by atoms with E-state index in [1.165, 1.54) is 5.56 Å². The Labute approximate surface area is 140 Å². The highest BCUT2D eigenvalue weighted by Gasteiger charge is 2.24. The van der Waals surface area contributed by atoms with Crippen LogP contribution in [0.4, 0.5) is 11.6 Å². The van der Waals surface area contributed by atoms with E-state index >= 15 is 0 Å². The summed E-state index contributed by atoms with van der Waals surface area (Å²) in [6, 6.07) is 10.1. The van der Waals surface area contributed by atoms with E-state index < -0.39 is 0 Å². The molecule has 0 N–H and O–H groups in total. The van der Waals surface area contributed by atoms with E-state index in [9.17, 15) is 0 Å². The summed E-state index contributed by atoms with van der Waals surface area (Å²) in [6.45, 7) is 0.848. The first-order valence-electron chi connectivity index (χ1n) is 6.73. The first-order valence-corrected chi connectivity index (χ1v) is 7.90. The van der Waals surface area contributed by atoms with Gasteiger partial charge in [0.2, 0.25) is 0 Å². The molecule has 0 bridgehead atoms. The topological polar surface area (TPSA) is 55.1 Å². The van der Waals surface area contributed by atoms with Crippen LogP contribution in [-0.2, 0) is 6.42 Å². The summed E-state index contributed by atoms with van der Waals surface area (Å²) in [5.74, 6) is 0.982. The van der Waals surface area contributed by atoms with E-state index in [4.69, 9.17) is 16.1 Å². The zero-order valence-electron chi connectivity index (χ0n) is 11.3. The quantitative estimate of drug-likeness (QED) is 0.625. The zero-order chi connectivity index (χ0) is 15.1. The van der Waals surface area contributed by atoms with Crippen LogP contribution in [0.5, 0.6) is 0 Å². The molecule has 3 aromatic rings. The molecule has 3 heterocycles. The van der Waals surface area contributed by atoms with Crippen molar-refractivity contribution < 1.29 is 4.52 Å². The Balaban J connectivity index is 1.69. The first kappa shape index (κ1) is 13.7. The van der Waals surface area contributed by atoms with Crippen molar-refractivity contribution in [3.05, 3.63) is 51.7 Å². The van der Waals surface area contributed by atoms with E-state index in [1.54, 1.807) is 6.20 Å². The van der Waals surface area contributed by atoms with Crippen molar-refractivity contribution in [2.45, 2.75) is 6.42 Å². The minimum atomic E-state index is 0.400. The smallest absolute Gasteiger partial charge is 0.270 e. The molecule has 0 amide bonds. The molecule has 4 rings (SSSR count). The Morgan fingerprint density at radius 3 is 3.00 bits per heavy atom. The molecule has 0 atom stereocenters. The SMILES string of the molecule is Clc1ncc(-c2nc(N3CCc4ccccc43)no2)cc1Br. The zero-order valence-corrected chi connectivity index (χ0v) is 13.7. The van der Waals surface area contributed by atoms with E-state index in [0.717, 1.165) is 24.2 Å². The number of hydrogen-bond donors (Lipinski definition) is 0. The second-order valence-electron chi connectivity index (χ2n) is 4.93. The Morgan fingerprint density at radius 2 is 2.14 bits per heavy atom. The molecule has 1 aromatic carbocycles. The minimum absolute atomic E-state index is 0.400. The molecule has 0 aliphatic carbocycles. The second-order valence-corrected chi connectivity index (χ2v) is 6.14. The fourth-order valence-corrected chi connectivity index (χ4v) is 2.98. The van der Waals surface area contributed by atoms with Crippen LogP contribution in [0, 0.1) is 0 Å². The van der Waals surface area contributed by atoms with Crippen molar-refractivity contribution in [1.29, 1.82) is 0 Å². The number of fused-ring (bicyclic) bond motifs is 1. The molecule has 0 spiro atoms. The fourth-order valence-electron chi connectivity index (χ4n) is 2.53. The van der Waals surface area contributed by atoms with Crippen LogP contribution in [0.25, 0.3) is 11.5 Å². The second kappa shape index (κ2) is 5.37. The first-order chi connectivity index (χ1) is 10.7. The molecule has 2 aromatic heterocycles. The summed E-state index contributed by atoms with van der Waals surface area (Å²) in [4.78, 5) is 10.6. The third-order valence-electron chi connectivity index (χ3n) is 3.59. The summed E-state index contributed by atoms with van der Waals surface area (Å²) in [5.41, 5.74) is 3.15. The lowest BCUT2D eigenvalue weighted by atomic mass is 10.2. The number of halogens is 2. The van der Waals surface area contributed by atoms with Crippen molar-refractivity contribution in [2.24, 2.45) is 0 Å². The van der Waals surface area contributed by atoms with Crippen molar-refractivity contribution in [1.82, 2.24) is 15.1 Å². The van der Waals surface area contributed by atoms with Crippen LogP contribution in [0.15, 0.2) is 45.5 Å². The van der Waals surface area contributed by atoms with Gasteiger partial charge in [-0.05, 0) is 45.2 Å². The highest BCUT2D eigenvalue weighted by molar-refractivity contribution is 9.10. The Kier molecular flexibility index (Phi) is 3.35. The Morgan fingerprint density at radius 1 is 1.27 bits per heavy atom. The number of pyridine rings is 1. The summed E-state index contributed by atoms with van der Waals surface area (Å²) in [7, 11) is 0. The maximum atomic E-state index is 5.90. The molecular weight excluding hydrogens is 368 g/mol. The van der Waals surface area contributed by atoms with E-state index in [0.29, 0.717) is 21.5 Å². The Bertz CT molecular complexity index is 851. The predicted molar refractivity (Wildman–Crippen MR) is 87.4 cm³/mol. The van der Waals surface area contributed by atoms with E-state index in [-0.39, 0.29) is 0 Å². The summed E-state index contributed by atoms with van der Waals surface area (Å²) < 4.78 is 6.06. The van der Waals surface area contributed by atoms with Crippen molar-refractivity contribution in [3.8, 4) is 11.5 Å². The fraction of sp³-hybridized carbons (Fsp3) is 0.133. The van der Waals surface area contributed by atoms with Gasteiger partial charge in [0, 0.05) is 18.4 Å². The standard InChI is InChI=1S/C15H10BrClN4O/c16-11-7-10(8-18-13(11)17)14-19-15(20-22-14)21-6-5-9-3-1-2-4-12(9)21/h1-4,7-8H,5-6H2. The Hall–Kier alpha value is -1.92. The van der Waals surface area contributed by atoms with E-state index in [2.05, 4.69) is 48.1 Å². The molecule has 0 fully saturated rings. The molecule has 0 saturated carbocycles. The van der Waals surface area contributed by atoms with Crippen molar-refractivity contribution in [3.63, 3.8) is 0 Å². The highest BCUT2D eigenvalue weighted by atomic mass is 79.9. The molecule has 5 nitrogen and oxygen atoms in total. The lowest BCUT2D eigenvalue weighted by molar-refractivity contribution is 0.430. The molecule has 0 radical (unpaired) electrons. The van der Waals surface area contributed by atoms with Gasteiger partial charge in [-0.2, -0.15) is 4.98 Å². The van der Waals surface area contributed by atoms with Gasteiger partial charge < -0.3 is 9.42 Å². The van der Waals surface area contributed by atoms with Gasteiger partial charge in [0.05, 0.1) is 10.0 Å². The summed E-state index contributed by atoms with van der Waals surface area (Å²) in [6.07, 6.45) is 2.59. The van der Waals surface area contributed by atoms with E-state index in [1.807, 2.05) is 18.2 Å². The lowest BCUT2D eigenvalue weighted by Crippen LogP contribution is -2.14. The van der Waals surface area contributed by atoms with Gasteiger partial charge in [-0.1, -0.05) is 29.8 Å². The number of para-hydroxylation sites is 1. The highest BCUT2D eigenvalue weighted by Crippen LogP contribution is 2.34. The average Bonchev–Trinajstić information content (AvgIpc) is 3.16. The number of anilines is 2. The number of nitrogens with zero attached hydrogens (tertiary/aromatic N) is 4. The largest absolute Gasteiger partial charge is 0.332 e. The van der Waals surface area contributed by atoms with Crippen molar-refractivity contribution >= 4 is 39.2 Å². The van der Waals surface area contributed by atoms with Crippen LogP contribution in [-0.4, -0.2) is 21.7 Å². The number of benzene rings is 1. The molecule has 22 heavy (non-hydrogen) atoms. The molecule has 110 valence electrons. The molecular formula is C15H10BrClN4O.